The zero-order chi connectivity index (χ0) is 25.0. The van der Waals surface area contributed by atoms with Crippen LogP contribution in [0.3, 0.4) is 0 Å². The Hall–Kier alpha value is -1.81. The van der Waals surface area contributed by atoms with Gasteiger partial charge in [0.25, 0.3) is 0 Å². The third kappa shape index (κ3) is 2.61. The third-order valence-corrected chi connectivity index (χ3v) is 9.96. The largest absolute Gasteiger partial charge is 0.459 e. The summed E-state index contributed by atoms with van der Waals surface area (Å²) in [6.07, 6.45) is -3.95. The fraction of sp³-hybridized carbons (Fsp3) is 0.800. The molecule has 2 aliphatic heterocycles. The van der Waals surface area contributed by atoms with Gasteiger partial charge in [-0.25, -0.2) is 4.79 Å². The van der Waals surface area contributed by atoms with Crippen LogP contribution in [-0.4, -0.2) is 75.8 Å². The Kier molecular flexibility index (Phi) is 5.17. The van der Waals surface area contributed by atoms with E-state index in [0.29, 0.717) is 12.8 Å². The Morgan fingerprint density at radius 3 is 2.56 bits per heavy atom. The van der Waals surface area contributed by atoms with Crippen LogP contribution in [0.5, 0.6) is 0 Å². The van der Waals surface area contributed by atoms with Gasteiger partial charge in [0.2, 0.25) is 6.10 Å². The summed E-state index contributed by atoms with van der Waals surface area (Å²) in [7, 11) is 0. The molecule has 3 N–H and O–H groups in total. The van der Waals surface area contributed by atoms with Crippen LogP contribution in [0.25, 0.3) is 0 Å². The summed E-state index contributed by atoms with van der Waals surface area (Å²) in [4.78, 5) is 38.8. The Morgan fingerprint density at radius 1 is 1.24 bits per heavy atom. The van der Waals surface area contributed by atoms with Crippen LogP contribution in [-0.2, 0) is 28.6 Å². The maximum atomic E-state index is 13.3. The number of carbonyl (C=O) groups is 3. The number of aliphatic hydroxyl groups is 3. The quantitative estimate of drug-likeness (QED) is 0.496. The number of fused-ring (bicyclic) bond motifs is 2. The first-order valence-electron chi connectivity index (χ1n) is 12.2. The molecule has 2 saturated heterocycles. The average molecular weight is 479 g/mol. The number of ether oxygens (including phenoxy) is 3. The zero-order valence-corrected chi connectivity index (χ0v) is 20.2. The van der Waals surface area contributed by atoms with Gasteiger partial charge in [0.05, 0.1) is 24.5 Å². The lowest BCUT2D eigenvalue weighted by Crippen LogP contribution is -2.78. The van der Waals surface area contributed by atoms with Crippen LogP contribution in [0.4, 0.5) is 0 Å². The van der Waals surface area contributed by atoms with Gasteiger partial charge in [-0.05, 0) is 38.7 Å². The van der Waals surface area contributed by atoms with Crippen molar-refractivity contribution in [3.05, 3.63) is 11.6 Å². The smallest absolute Gasteiger partial charge is 0.348 e. The second-order valence-corrected chi connectivity index (χ2v) is 11.4. The highest BCUT2D eigenvalue weighted by Gasteiger charge is 2.82. The van der Waals surface area contributed by atoms with E-state index in [2.05, 4.69) is 0 Å². The number of hydrogen-bond acceptors (Lipinski definition) is 9. The average Bonchev–Trinajstić information content (AvgIpc) is 3.06. The lowest BCUT2D eigenvalue weighted by Gasteiger charge is -2.68. The Balaban J connectivity index is 1.69. The summed E-state index contributed by atoms with van der Waals surface area (Å²) in [6.45, 7) is 8.76. The van der Waals surface area contributed by atoms with Crippen LogP contribution in [0.15, 0.2) is 11.6 Å². The van der Waals surface area contributed by atoms with Gasteiger partial charge in [-0.15, -0.1) is 0 Å². The van der Waals surface area contributed by atoms with E-state index in [1.807, 2.05) is 6.92 Å². The molecule has 5 rings (SSSR count). The lowest BCUT2D eigenvalue weighted by atomic mass is 9.38. The van der Waals surface area contributed by atoms with Crippen molar-refractivity contribution in [3.63, 3.8) is 0 Å². The third-order valence-electron chi connectivity index (χ3n) is 9.96. The molecule has 3 aliphatic carbocycles. The van der Waals surface area contributed by atoms with Crippen molar-refractivity contribution < 1.29 is 43.9 Å². The molecule has 0 aromatic carbocycles. The van der Waals surface area contributed by atoms with Gasteiger partial charge in [0.15, 0.2) is 5.78 Å². The number of ketones is 1. The summed E-state index contributed by atoms with van der Waals surface area (Å²) in [6, 6.07) is 0. The highest BCUT2D eigenvalue weighted by Crippen LogP contribution is 2.72. The first kappa shape index (κ1) is 23.9. The van der Waals surface area contributed by atoms with Gasteiger partial charge >= 0.3 is 11.9 Å². The van der Waals surface area contributed by atoms with E-state index in [1.54, 1.807) is 27.7 Å². The van der Waals surface area contributed by atoms with E-state index < -0.39 is 82.4 Å². The van der Waals surface area contributed by atoms with Gasteiger partial charge in [-0.3, -0.25) is 9.59 Å². The number of hydrogen-bond donors (Lipinski definition) is 3. The highest BCUT2D eigenvalue weighted by atomic mass is 16.6. The number of allylic oxidation sites excluding steroid dienone is 1. The molecule has 188 valence electrons. The maximum Gasteiger partial charge on any atom is 0.348 e. The fourth-order valence-electron chi connectivity index (χ4n) is 8.09. The molecule has 0 aromatic rings. The molecule has 2 saturated carbocycles. The number of esters is 2. The Labute approximate surface area is 198 Å². The van der Waals surface area contributed by atoms with Gasteiger partial charge in [-0.2, -0.15) is 0 Å². The molecule has 34 heavy (non-hydrogen) atoms. The molecule has 2 bridgehead atoms. The van der Waals surface area contributed by atoms with Gasteiger partial charge in [0, 0.05) is 16.7 Å². The Morgan fingerprint density at radius 2 is 1.91 bits per heavy atom. The minimum atomic E-state index is -1.43. The second kappa shape index (κ2) is 7.35. The second-order valence-electron chi connectivity index (χ2n) is 11.4. The molecule has 0 aromatic heterocycles. The van der Waals surface area contributed by atoms with Gasteiger partial charge in [0.1, 0.15) is 23.9 Å². The lowest BCUT2D eigenvalue weighted by molar-refractivity contribution is -0.297. The van der Waals surface area contributed by atoms with E-state index in [1.165, 1.54) is 6.08 Å². The van der Waals surface area contributed by atoms with Crippen LogP contribution in [0, 0.1) is 34.5 Å². The first-order valence-corrected chi connectivity index (χ1v) is 12.2. The summed E-state index contributed by atoms with van der Waals surface area (Å²) >= 11 is 0. The highest BCUT2D eigenvalue weighted by molar-refractivity contribution is 5.96. The molecule has 2 heterocycles. The minimum absolute atomic E-state index is 0.0360. The van der Waals surface area contributed by atoms with Crippen molar-refractivity contribution in [2.75, 3.05) is 6.61 Å². The number of rotatable bonds is 3. The summed E-state index contributed by atoms with van der Waals surface area (Å²) < 4.78 is 17.8. The van der Waals surface area contributed by atoms with Gasteiger partial charge in [-0.1, -0.05) is 26.3 Å². The fourth-order valence-corrected chi connectivity index (χ4v) is 8.09. The van der Waals surface area contributed by atoms with Crippen molar-refractivity contribution >= 4 is 17.7 Å². The molecule has 4 fully saturated rings. The van der Waals surface area contributed by atoms with Crippen molar-refractivity contribution in [3.8, 4) is 0 Å². The summed E-state index contributed by atoms with van der Waals surface area (Å²) in [5.74, 6) is -4.16. The van der Waals surface area contributed by atoms with Crippen LogP contribution in [0.2, 0.25) is 0 Å². The molecule has 0 radical (unpaired) electrons. The summed E-state index contributed by atoms with van der Waals surface area (Å²) in [5.41, 5.74) is -2.84. The molecule has 0 unspecified atom stereocenters. The molecule has 5 aliphatic rings. The Bertz CT molecular complexity index is 975. The van der Waals surface area contributed by atoms with Crippen LogP contribution in [0.1, 0.15) is 47.5 Å². The topological polar surface area (TPSA) is 140 Å². The normalized spacial score (nSPS) is 52.2. The van der Waals surface area contributed by atoms with Gasteiger partial charge < -0.3 is 29.5 Å². The first-order chi connectivity index (χ1) is 15.8. The van der Waals surface area contributed by atoms with Crippen LogP contribution < -0.4 is 0 Å². The van der Waals surface area contributed by atoms with Crippen molar-refractivity contribution in [2.45, 2.75) is 83.6 Å². The standard InChI is InChI=1S/C25H34O9/c1-6-10(2)21(30)34-16-18-24(5)20(29)15(27)17-23(4)12(11(3)7-13(26)19(23)28)8-14(33-22(16)31)25(17,18)9-32-24/h7,10,12,14-20,27-29H,6,8-9H2,1-5H3/t10-,12-,14+,15+,16+,17+,18-,19+,20-,23-,24-,25+/m0/s1. The molecule has 1 spiro atoms. The minimum Gasteiger partial charge on any atom is -0.459 e. The van der Waals surface area contributed by atoms with Crippen LogP contribution >= 0.6 is 0 Å². The van der Waals surface area contributed by atoms with E-state index in [0.717, 1.165) is 5.57 Å². The van der Waals surface area contributed by atoms with Crippen molar-refractivity contribution in [1.82, 2.24) is 0 Å². The van der Waals surface area contributed by atoms with Crippen molar-refractivity contribution in [2.24, 2.45) is 34.5 Å². The zero-order valence-electron chi connectivity index (χ0n) is 20.2. The molecule has 9 nitrogen and oxygen atoms in total. The molecule has 12 atom stereocenters. The molecule has 0 amide bonds. The molecule has 9 heteroatoms. The molecular formula is C25H34O9. The van der Waals surface area contributed by atoms with Crippen molar-refractivity contribution in [1.29, 1.82) is 0 Å². The number of carbonyl (C=O) groups excluding carboxylic acids is 3. The van der Waals surface area contributed by atoms with E-state index in [4.69, 9.17) is 14.2 Å². The van der Waals surface area contributed by atoms with E-state index in [9.17, 15) is 29.7 Å². The maximum absolute atomic E-state index is 13.3. The monoisotopic (exact) mass is 478 g/mol. The van der Waals surface area contributed by atoms with E-state index in [-0.39, 0.29) is 12.5 Å². The number of aliphatic hydroxyl groups excluding tert-OH is 3. The predicted octanol–water partition coefficient (Wildman–Crippen LogP) is 0.529. The SMILES string of the molecule is CC[C@H](C)C(=O)O[C@H]1C(=O)O[C@@H]2C[C@H]3C(C)=CC(=O)[C@@H](O)[C@]3(C)[C@H]3[C@@H](O)[C@H](O)[C@@]4(C)OC[C@]32[C@@H]14. The predicted molar refractivity (Wildman–Crippen MR) is 116 cm³/mol. The summed E-state index contributed by atoms with van der Waals surface area (Å²) in [5, 5.41) is 34.0. The molecular weight excluding hydrogens is 444 g/mol. The van der Waals surface area contributed by atoms with E-state index >= 15 is 0 Å².